The molecule has 3 aromatic rings. The highest BCUT2D eigenvalue weighted by molar-refractivity contribution is 9.11. The summed E-state index contributed by atoms with van der Waals surface area (Å²) in [5, 5.41) is 6.24. The van der Waals surface area contributed by atoms with Gasteiger partial charge in [0, 0.05) is 20.1 Å². The zero-order valence-electron chi connectivity index (χ0n) is 17.2. The summed E-state index contributed by atoms with van der Waals surface area (Å²) in [6.45, 7) is -0.376. The number of carbonyl (C=O) groups excluding carboxylic acids is 3. The highest BCUT2D eigenvalue weighted by Crippen LogP contribution is 2.33. The van der Waals surface area contributed by atoms with Gasteiger partial charge in [-0.15, -0.1) is 0 Å². The molecule has 0 aliphatic heterocycles. The van der Waals surface area contributed by atoms with Crippen LogP contribution < -0.4 is 15.5 Å². The summed E-state index contributed by atoms with van der Waals surface area (Å²) < 4.78 is 20.5. The number of hydrogen-bond donors (Lipinski definition) is 2. The molecular weight excluding hydrogens is 641 g/mol. The number of ether oxygens (including phenoxy) is 1. The topological polar surface area (TPSA) is 96.9 Å². The molecular formula is C23H15Br3FN3O4. The van der Waals surface area contributed by atoms with Crippen molar-refractivity contribution in [3.8, 4) is 5.75 Å². The van der Waals surface area contributed by atoms with Crippen molar-refractivity contribution < 1.29 is 23.5 Å². The van der Waals surface area contributed by atoms with Crippen LogP contribution in [0.3, 0.4) is 0 Å². The second-order valence-electron chi connectivity index (χ2n) is 6.66. The van der Waals surface area contributed by atoms with Crippen LogP contribution in [0.5, 0.6) is 5.75 Å². The Balaban J connectivity index is 1.66. The molecule has 0 unspecified atom stereocenters. The van der Waals surface area contributed by atoms with E-state index in [1.54, 1.807) is 36.4 Å². The summed E-state index contributed by atoms with van der Waals surface area (Å²) in [5.74, 6) is -2.16. The normalized spacial score (nSPS) is 10.7. The van der Waals surface area contributed by atoms with E-state index < -0.39 is 23.6 Å². The monoisotopic (exact) mass is 653 g/mol. The first-order valence-corrected chi connectivity index (χ1v) is 11.9. The van der Waals surface area contributed by atoms with Gasteiger partial charge in [-0.25, -0.2) is 14.6 Å². The Kier molecular flexibility index (Phi) is 9.08. The van der Waals surface area contributed by atoms with Crippen molar-refractivity contribution >= 4 is 71.8 Å². The number of hydrogen-bond acceptors (Lipinski definition) is 5. The third-order valence-corrected chi connectivity index (χ3v) is 5.95. The van der Waals surface area contributed by atoms with E-state index in [0.717, 1.165) is 6.07 Å². The first kappa shape index (κ1) is 25.7. The number of amides is 2. The van der Waals surface area contributed by atoms with E-state index in [1.165, 1.54) is 24.4 Å². The molecule has 2 amide bonds. The van der Waals surface area contributed by atoms with Crippen LogP contribution in [0.1, 0.15) is 26.3 Å². The molecule has 0 aromatic heterocycles. The molecule has 2 N–H and O–H groups in total. The minimum Gasteiger partial charge on any atom is -0.421 e. The lowest BCUT2D eigenvalue weighted by atomic mass is 10.2. The molecule has 11 heteroatoms. The van der Waals surface area contributed by atoms with Crippen molar-refractivity contribution in [1.29, 1.82) is 0 Å². The molecule has 7 nitrogen and oxygen atoms in total. The van der Waals surface area contributed by atoms with Crippen molar-refractivity contribution in [2.75, 3.05) is 6.54 Å². The third kappa shape index (κ3) is 7.05. The van der Waals surface area contributed by atoms with Gasteiger partial charge in [0.15, 0.2) is 5.75 Å². The van der Waals surface area contributed by atoms with E-state index in [2.05, 4.69) is 63.6 Å². The fourth-order valence-electron chi connectivity index (χ4n) is 2.66. The van der Waals surface area contributed by atoms with Gasteiger partial charge in [-0.1, -0.05) is 34.1 Å². The SMILES string of the molecule is O=C(CNC(=O)c1cccc(F)c1)NN=Cc1cc(Br)cc(Br)c1OC(=O)c1ccccc1Br. The third-order valence-electron chi connectivity index (χ3n) is 4.21. The molecule has 0 saturated carbocycles. The van der Waals surface area contributed by atoms with E-state index in [4.69, 9.17) is 4.74 Å². The van der Waals surface area contributed by atoms with Crippen molar-refractivity contribution in [1.82, 2.24) is 10.7 Å². The molecule has 34 heavy (non-hydrogen) atoms. The van der Waals surface area contributed by atoms with Crippen LogP contribution in [0.15, 0.2) is 79.2 Å². The molecule has 3 aromatic carbocycles. The quantitative estimate of drug-likeness (QED) is 0.158. The van der Waals surface area contributed by atoms with Crippen LogP contribution in [-0.2, 0) is 4.79 Å². The zero-order valence-corrected chi connectivity index (χ0v) is 21.9. The van der Waals surface area contributed by atoms with E-state index in [-0.39, 0.29) is 17.9 Å². The summed E-state index contributed by atoms with van der Waals surface area (Å²) in [7, 11) is 0. The number of esters is 1. The average Bonchev–Trinajstić information content (AvgIpc) is 2.79. The minimum atomic E-state index is -0.609. The first-order chi connectivity index (χ1) is 16.2. The predicted octanol–water partition coefficient (Wildman–Crippen LogP) is 5.21. The molecule has 0 aliphatic rings. The largest absolute Gasteiger partial charge is 0.421 e. The number of halogens is 4. The molecule has 0 fully saturated rings. The van der Waals surface area contributed by atoms with E-state index in [1.807, 2.05) is 0 Å². The molecule has 0 aliphatic carbocycles. The molecule has 3 rings (SSSR count). The Hall–Kier alpha value is -2.89. The highest BCUT2D eigenvalue weighted by atomic mass is 79.9. The fraction of sp³-hybridized carbons (Fsp3) is 0.0435. The van der Waals surface area contributed by atoms with Crippen LogP contribution in [0.2, 0.25) is 0 Å². The van der Waals surface area contributed by atoms with Gasteiger partial charge in [0.05, 0.1) is 22.8 Å². The van der Waals surface area contributed by atoms with Gasteiger partial charge in [0.1, 0.15) is 5.82 Å². The van der Waals surface area contributed by atoms with Crippen LogP contribution in [0.25, 0.3) is 0 Å². The molecule has 0 bridgehead atoms. The van der Waals surface area contributed by atoms with Crippen LogP contribution in [0, 0.1) is 5.82 Å². The maximum Gasteiger partial charge on any atom is 0.344 e. The summed E-state index contributed by atoms with van der Waals surface area (Å²) in [5.41, 5.74) is 3.09. The molecule has 0 radical (unpaired) electrons. The van der Waals surface area contributed by atoms with Gasteiger partial charge in [0.25, 0.3) is 11.8 Å². The maximum atomic E-state index is 13.2. The Bertz CT molecular complexity index is 1280. The zero-order chi connectivity index (χ0) is 24.7. The number of rotatable bonds is 7. The fourth-order valence-corrected chi connectivity index (χ4v) is 4.45. The molecule has 0 saturated heterocycles. The summed E-state index contributed by atoms with van der Waals surface area (Å²) >= 11 is 10.0. The summed E-state index contributed by atoms with van der Waals surface area (Å²) in [6, 6.07) is 15.3. The predicted molar refractivity (Wildman–Crippen MR) is 135 cm³/mol. The lowest BCUT2D eigenvalue weighted by Crippen LogP contribution is -2.34. The smallest absolute Gasteiger partial charge is 0.344 e. The number of nitrogens with zero attached hydrogens (tertiary/aromatic N) is 1. The van der Waals surface area contributed by atoms with E-state index >= 15 is 0 Å². The Morgan fingerprint density at radius 1 is 0.971 bits per heavy atom. The van der Waals surface area contributed by atoms with Crippen LogP contribution in [-0.4, -0.2) is 30.5 Å². The average molecular weight is 656 g/mol. The van der Waals surface area contributed by atoms with Crippen molar-refractivity contribution in [2.24, 2.45) is 5.10 Å². The van der Waals surface area contributed by atoms with Gasteiger partial charge in [-0.3, -0.25) is 9.59 Å². The van der Waals surface area contributed by atoms with Crippen LogP contribution >= 0.6 is 47.8 Å². The number of benzene rings is 3. The second kappa shape index (κ2) is 12.0. The second-order valence-corrected chi connectivity index (χ2v) is 9.29. The van der Waals surface area contributed by atoms with Crippen molar-refractivity contribution in [2.45, 2.75) is 0 Å². The van der Waals surface area contributed by atoms with E-state index in [9.17, 15) is 18.8 Å². The van der Waals surface area contributed by atoms with Gasteiger partial charge in [-0.2, -0.15) is 5.10 Å². The van der Waals surface area contributed by atoms with Crippen LogP contribution in [0.4, 0.5) is 4.39 Å². The Morgan fingerprint density at radius 3 is 2.47 bits per heavy atom. The molecule has 0 spiro atoms. The van der Waals surface area contributed by atoms with Crippen molar-refractivity contribution in [3.63, 3.8) is 0 Å². The maximum absolute atomic E-state index is 13.2. The molecule has 0 heterocycles. The lowest BCUT2D eigenvalue weighted by Gasteiger charge is -2.11. The first-order valence-electron chi connectivity index (χ1n) is 9.56. The standard InChI is InChI=1S/C23H15Br3FN3O4/c24-15-8-14(21(19(26)10-15)34-23(33)17-6-1-2-7-18(17)25)11-29-30-20(31)12-28-22(32)13-4-3-5-16(27)9-13/h1-11H,12H2,(H,28,32)(H,30,31). The number of nitrogens with one attached hydrogen (secondary N) is 2. The molecule has 174 valence electrons. The minimum absolute atomic E-state index is 0.0896. The van der Waals surface area contributed by atoms with Gasteiger partial charge < -0.3 is 10.1 Å². The Labute approximate surface area is 219 Å². The number of carbonyl (C=O) groups is 3. The van der Waals surface area contributed by atoms with Gasteiger partial charge in [-0.05, 0) is 74.3 Å². The van der Waals surface area contributed by atoms with E-state index in [0.29, 0.717) is 24.5 Å². The summed E-state index contributed by atoms with van der Waals surface area (Å²) in [6.07, 6.45) is 1.30. The Morgan fingerprint density at radius 2 is 1.74 bits per heavy atom. The molecule has 0 atom stereocenters. The van der Waals surface area contributed by atoms with Gasteiger partial charge >= 0.3 is 5.97 Å². The lowest BCUT2D eigenvalue weighted by molar-refractivity contribution is -0.120. The summed E-state index contributed by atoms with van der Waals surface area (Å²) in [4.78, 5) is 36.7. The number of hydrazone groups is 1. The van der Waals surface area contributed by atoms with Gasteiger partial charge in [0.2, 0.25) is 0 Å². The highest BCUT2D eigenvalue weighted by Gasteiger charge is 2.17. The van der Waals surface area contributed by atoms with Crippen molar-refractivity contribution in [3.05, 3.63) is 96.6 Å².